The minimum Gasteiger partial charge on any atom is -0.469 e. The molecule has 0 aromatic heterocycles. The second-order valence-electron chi connectivity index (χ2n) is 4.89. The molecule has 0 bridgehead atoms. The fraction of sp³-hybridized carbons (Fsp3) is 0.667. The van der Waals surface area contributed by atoms with Crippen molar-refractivity contribution in [3.05, 3.63) is 0 Å². The first-order valence-electron chi connectivity index (χ1n) is 5.80. The first kappa shape index (κ1) is 12.7. The Hall–Kier alpha value is -1.72. The highest BCUT2D eigenvalue weighted by atomic mass is 16.6. The molecule has 0 aromatic rings. The lowest BCUT2D eigenvalue weighted by Gasteiger charge is -2.35. The predicted molar refractivity (Wildman–Crippen MR) is 57.1 cm³/mol. The highest BCUT2D eigenvalue weighted by Gasteiger charge is 2.54. The van der Waals surface area contributed by atoms with Gasteiger partial charge in [0.1, 0.15) is 6.29 Å². The number of esters is 3. The van der Waals surface area contributed by atoms with E-state index in [9.17, 15) is 19.2 Å². The van der Waals surface area contributed by atoms with Gasteiger partial charge in [0.2, 0.25) is 0 Å². The SMILES string of the molecule is COC(=O)C1CCC2(CC(=O)OC2=O)CC1C=O. The van der Waals surface area contributed by atoms with E-state index in [0.717, 1.165) is 0 Å². The van der Waals surface area contributed by atoms with E-state index in [-0.39, 0.29) is 12.8 Å². The second-order valence-corrected chi connectivity index (χ2v) is 4.89. The standard InChI is InChI=1S/C12H14O6/c1-17-10(15)8-2-3-12(4-7(8)6-13)5-9(14)18-11(12)16/h6-8H,2-5H2,1H3. The molecule has 1 aliphatic heterocycles. The molecule has 2 rings (SSSR count). The highest BCUT2D eigenvalue weighted by molar-refractivity contribution is 5.97. The molecule has 3 atom stereocenters. The molecule has 1 heterocycles. The summed E-state index contributed by atoms with van der Waals surface area (Å²) in [5, 5.41) is 0. The third-order valence-corrected chi connectivity index (χ3v) is 3.88. The molecular formula is C12H14O6. The Morgan fingerprint density at radius 2 is 2.22 bits per heavy atom. The molecule has 3 unspecified atom stereocenters. The zero-order valence-electron chi connectivity index (χ0n) is 10.0. The van der Waals surface area contributed by atoms with Crippen LogP contribution in [-0.4, -0.2) is 31.3 Å². The minimum atomic E-state index is -0.910. The monoisotopic (exact) mass is 254 g/mol. The molecule has 1 saturated heterocycles. The Morgan fingerprint density at radius 3 is 2.72 bits per heavy atom. The van der Waals surface area contributed by atoms with Gasteiger partial charge in [0.05, 0.1) is 24.9 Å². The van der Waals surface area contributed by atoms with Gasteiger partial charge in [0.15, 0.2) is 0 Å². The van der Waals surface area contributed by atoms with E-state index in [1.807, 2.05) is 0 Å². The van der Waals surface area contributed by atoms with Gasteiger partial charge in [-0.25, -0.2) is 0 Å². The Balaban J connectivity index is 2.18. The molecule has 6 heteroatoms. The first-order chi connectivity index (χ1) is 8.52. The van der Waals surface area contributed by atoms with E-state index >= 15 is 0 Å². The van der Waals surface area contributed by atoms with Crippen LogP contribution in [0.15, 0.2) is 0 Å². The topological polar surface area (TPSA) is 86.7 Å². The van der Waals surface area contributed by atoms with E-state index < -0.39 is 35.2 Å². The summed E-state index contributed by atoms with van der Waals surface area (Å²) in [5.41, 5.74) is -0.910. The Labute approximate surface area is 104 Å². The molecule has 18 heavy (non-hydrogen) atoms. The molecule has 2 fully saturated rings. The minimum absolute atomic E-state index is 0.00403. The summed E-state index contributed by atoms with van der Waals surface area (Å²) in [5.74, 6) is -2.69. The average Bonchev–Trinajstić information content (AvgIpc) is 2.63. The normalized spacial score (nSPS) is 35.4. The van der Waals surface area contributed by atoms with Crippen molar-refractivity contribution in [3.8, 4) is 0 Å². The number of carbonyl (C=O) groups is 4. The molecule has 1 spiro atoms. The van der Waals surface area contributed by atoms with E-state index in [4.69, 9.17) is 0 Å². The molecule has 0 amide bonds. The summed E-state index contributed by atoms with van der Waals surface area (Å²) >= 11 is 0. The summed E-state index contributed by atoms with van der Waals surface area (Å²) in [7, 11) is 1.27. The molecule has 2 aliphatic rings. The number of methoxy groups -OCH3 is 1. The van der Waals surface area contributed by atoms with Gasteiger partial charge in [0, 0.05) is 5.92 Å². The van der Waals surface area contributed by atoms with Crippen LogP contribution >= 0.6 is 0 Å². The second kappa shape index (κ2) is 4.51. The van der Waals surface area contributed by atoms with Crippen LogP contribution in [0.1, 0.15) is 25.7 Å². The van der Waals surface area contributed by atoms with Crippen LogP contribution in [0, 0.1) is 17.3 Å². The summed E-state index contributed by atoms with van der Waals surface area (Å²) in [6.07, 6.45) is 1.59. The molecule has 0 radical (unpaired) electrons. The fourth-order valence-electron chi connectivity index (χ4n) is 2.87. The maximum Gasteiger partial charge on any atom is 0.320 e. The zero-order valence-corrected chi connectivity index (χ0v) is 10.0. The van der Waals surface area contributed by atoms with E-state index in [0.29, 0.717) is 19.1 Å². The third-order valence-electron chi connectivity index (χ3n) is 3.88. The van der Waals surface area contributed by atoms with Crippen LogP contribution in [-0.2, 0) is 28.7 Å². The maximum absolute atomic E-state index is 11.7. The van der Waals surface area contributed by atoms with Crippen molar-refractivity contribution in [1.82, 2.24) is 0 Å². The van der Waals surface area contributed by atoms with Crippen molar-refractivity contribution in [3.63, 3.8) is 0 Å². The first-order valence-corrected chi connectivity index (χ1v) is 5.80. The number of aldehydes is 1. The van der Waals surface area contributed by atoms with Crippen LogP contribution in [0.5, 0.6) is 0 Å². The van der Waals surface area contributed by atoms with Crippen molar-refractivity contribution in [2.45, 2.75) is 25.7 Å². The molecular weight excluding hydrogens is 240 g/mol. The molecule has 0 aromatic carbocycles. The van der Waals surface area contributed by atoms with Crippen LogP contribution < -0.4 is 0 Å². The molecule has 98 valence electrons. The average molecular weight is 254 g/mol. The van der Waals surface area contributed by atoms with Gasteiger partial charge in [0.25, 0.3) is 0 Å². The van der Waals surface area contributed by atoms with Gasteiger partial charge in [-0.05, 0) is 19.3 Å². The van der Waals surface area contributed by atoms with E-state index in [1.165, 1.54) is 7.11 Å². The van der Waals surface area contributed by atoms with Crippen molar-refractivity contribution in [2.75, 3.05) is 7.11 Å². The lowest BCUT2D eigenvalue weighted by atomic mass is 9.65. The maximum atomic E-state index is 11.7. The zero-order chi connectivity index (χ0) is 13.3. The molecule has 6 nitrogen and oxygen atoms in total. The van der Waals surface area contributed by atoms with E-state index in [1.54, 1.807) is 0 Å². The quantitative estimate of drug-likeness (QED) is 0.398. The van der Waals surface area contributed by atoms with Gasteiger partial charge in [-0.2, -0.15) is 0 Å². The van der Waals surface area contributed by atoms with E-state index in [2.05, 4.69) is 9.47 Å². The van der Waals surface area contributed by atoms with Gasteiger partial charge in [-0.15, -0.1) is 0 Å². The lowest BCUT2D eigenvalue weighted by Crippen LogP contribution is -2.40. The van der Waals surface area contributed by atoms with Crippen molar-refractivity contribution >= 4 is 24.2 Å². The van der Waals surface area contributed by atoms with Gasteiger partial charge in [-0.3, -0.25) is 14.4 Å². The predicted octanol–water partition coefficient (Wildman–Crippen LogP) is 0.234. The molecule has 0 N–H and O–H groups in total. The molecule has 1 aliphatic carbocycles. The number of cyclic esters (lactones) is 2. The Kier molecular flexibility index (Phi) is 3.19. The fourth-order valence-corrected chi connectivity index (χ4v) is 2.87. The third kappa shape index (κ3) is 1.91. The van der Waals surface area contributed by atoms with Crippen LogP contribution in [0.2, 0.25) is 0 Å². The van der Waals surface area contributed by atoms with Crippen molar-refractivity contribution in [1.29, 1.82) is 0 Å². The van der Waals surface area contributed by atoms with Crippen LogP contribution in [0.3, 0.4) is 0 Å². The smallest absolute Gasteiger partial charge is 0.320 e. The number of rotatable bonds is 2. The largest absolute Gasteiger partial charge is 0.469 e. The van der Waals surface area contributed by atoms with Gasteiger partial charge >= 0.3 is 17.9 Å². The number of hydrogen-bond donors (Lipinski definition) is 0. The van der Waals surface area contributed by atoms with Crippen molar-refractivity contribution < 1.29 is 28.7 Å². The highest BCUT2D eigenvalue weighted by Crippen LogP contribution is 2.48. The lowest BCUT2D eigenvalue weighted by molar-refractivity contribution is -0.160. The molecule has 1 saturated carbocycles. The summed E-state index contributed by atoms with van der Waals surface area (Å²) in [6.45, 7) is 0. The number of carbonyl (C=O) groups excluding carboxylic acids is 4. The Morgan fingerprint density at radius 1 is 1.50 bits per heavy atom. The van der Waals surface area contributed by atoms with Crippen molar-refractivity contribution in [2.24, 2.45) is 17.3 Å². The summed E-state index contributed by atoms with van der Waals surface area (Å²) in [4.78, 5) is 45.5. The Bertz CT molecular complexity index is 415. The number of hydrogen-bond acceptors (Lipinski definition) is 6. The van der Waals surface area contributed by atoms with Crippen LogP contribution in [0.25, 0.3) is 0 Å². The van der Waals surface area contributed by atoms with Crippen LogP contribution in [0.4, 0.5) is 0 Å². The van der Waals surface area contributed by atoms with Gasteiger partial charge in [-0.1, -0.05) is 0 Å². The van der Waals surface area contributed by atoms with Gasteiger partial charge < -0.3 is 14.3 Å². The summed E-state index contributed by atoms with van der Waals surface area (Å²) < 4.78 is 9.20. The summed E-state index contributed by atoms with van der Waals surface area (Å²) in [6, 6.07) is 0. The number of ether oxygens (including phenoxy) is 2.